The summed E-state index contributed by atoms with van der Waals surface area (Å²) in [5.41, 5.74) is 5.04. The average molecular weight is 992 g/mol. The summed E-state index contributed by atoms with van der Waals surface area (Å²) in [6, 6.07) is 13.3. The number of anilines is 1. The van der Waals surface area contributed by atoms with Crippen LogP contribution in [0, 0.1) is 0 Å². The van der Waals surface area contributed by atoms with Gasteiger partial charge < -0.3 is 30.5 Å². The number of hydrogen-bond donors (Lipinski definition) is 2. The van der Waals surface area contributed by atoms with Crippen molar-refractivity contribution in [3.63, 3.8) is 0 Å². The Morgan fingerprint density at radius 3 is 1.92 bits per heavy atom. The fourth-order valence-corrected chi connectivity index (χ4v) is 6.75. The van der Waals surface area contributed by atoms with Gasteiger partial charge >= 0.3 is 118 Å². The van der Waals surface area contributed by atoms with Crippen molar-refractivity contribution in [2.24, 2.45) is 20.5 Å². The van der Waals surface area contributed by atoms with Crippen LogP contribution in [0.5, 0.6) is 5.75 Å². The summed E-state index contributed by atoms with van der Waals surface area (Å²) in [4.78, 5) is 4.45. The van der Waals surface area contributed by atoms with Crippen molar-refractivity contribution in [2.75, 3.05) is 32.2 Å². The number of nitrogens with zero attached hydrogens (tertiary/aromatic N) is 4. The number of rotatable bonds is 23. The second-order valence-corrected chi connectivity index (χ2v) is 15.3. The van der Waals surface area contributed by atoms with E-state index in [1.807, 2.05) is 0 Å². The molecule has 0 aliphatic heterocycles. The van der Waals surface area contributed by atoms with Gasteiger partial charge in [-0.3, -0.25) is 22.6 Å². The molecule has 0 aliphatic rings. The number of azo groups is 2. The Hall–Kier alpha value is 0.520. The Balaban J connectivity index is 0.00000870. The first-order valence-corrected chi connectivity index (χ1v) is 20.3. The summed E-state index contributed by atoms with van der Waals surface area (Å²) in [6.45, 7) is -1.20. The van der Waals surface area contributed by atoms with Crippen LogP contribution >= 0.6 is 36.4 Å². The van der Waals surface area contributed by atoms with Crippen molar-refractivity contribution in [2.45, 2.75) is 19.6 Å². The fraction of sp³-hybridized carbons (Fsp3) is 0.154. The first kappa shape index (κ1) is 60.5. The van der Waals surface area contributed by atoms with Crippen LogP contribution in [0.15, 0.2) is 101 Å². The Labute approximate surface area is 444 Å². The second kappa shape index (κ2) is 30.7. The zero-order valence-corrected chi connectivity index (χ0v) is 44.1. The molecule has 0 heterocycles. The molecule has 0 aliphatic carbocycles. The van der Waals surface area contributed by atoms with E-state index in [4.69, 9.17) is 23.3 Å². The van der Waals surface area contributed by atoms with Crippen LogP contribution in [-0.4, -0.2) is 61.7 Å². The molecular formula is C26H21N5Na4O19S6. The van der Waals surface area contributed by atoms with Gasteiger partial charge in [-0.05, 0) is 66.0 Å². The molecule has 0 saturated carbocycles. The van der Waals surface area contributed by atoms with Gasteiger partial charge in [-0.25, -0.2) is 25.9 Å². The maximum atomic E-state index is 12.3. The van der Waals surface area contributed by atoms with Gasteiger partial charge in [-0.1, -0.05) is 0 Å². The summed E-state index contributed by atoms with van der Waals surface area (Å²) in [5, 5.41) is 53.6. The molecule has 0 bridgehead atoms. The summed E-state index contributed by atoms with van der Waals surface area (Å²) >= 11 is -0.707. The Kier molecular flexibility index (Phi) is 30.9. The van der Waals surface area contributed by atoms with Gasteiger partial charge in [-0.15, -0.1) is 14.6 Å². The van der Waals surface area contributed by atoms with Crippen LogP contribution in [0.2, 0.25) is 0 Å². The standard InChI is InChI=1S/C26H25N5O19S6.4Na/c27-23-22-15(14-21(55(36,37)38)25(23)31-29-17-3-7-19(8-4-17)54(35)44-11-12-45-56(39,40)41)13-20(52-49-46-33)24(26(22)32)30-28-16-1-5-18(6-2-16)51-48-42-9-10-43-53-50-47-34;;;;/h1-8,13-14,32-34H,9-12,27H2,(H,36,37,38)(H,39,40,41);;;;/q;4*+1/p-4. The maximum Gasteiger partial charge on any atom is 1.00 e. The van der Waals surface area contributed by atoms with E-state index in [1.54, 1.807) is 12.1 Å². The SMILES string of the molecule is Nc1c(N=Nc2ccc(S(=O)OCCOS(=O)(=O)[O-])cc2)c(S(=O)(=O)[O-])cc2cc(SOO[O-])c(N=Nc3ccc(SOOCCOSOO[O-])cc3)c(O)c12.[Na+].[Na+].[Na+].[Na+]. The molecule has 4 rings (SSSR count). The minimum absolute atomic E-state index is 0. The minimum atomic E-state index is -5.29. The van der Waals surface area contributed by atoms with Crippen molar-refractivity contribution in [1.29, 1.82) is 0 Å². The van der Waals surface area contributed by atoms with Gasteiger partial charge in [0.05, 0.1) is 81.0 Å². The number of benzene rings is 4. The Morgan fingerprint density at radius 1 is 0.733 bits per heavy atom. The molecule has 0 spiro atoms. The molecule has 0 saturated heterocycles. The molecular weight excluding hydrogens is 971 g/mol. The molecule has 0 radical (unpaired) electrons. The largest absolute Gasteiger partial charge is 1.00 e. The zero-order valence-electron chi connectivity index (χ0n) is 31.2. The number of aromatic hydroxyl groups is 1. The van der Waals surface area contributed by atoms with Crippen LogP contribution in [-0.2, 0) is 72.1 Å². The predicted molar refractivity (Wildman–Crippen MR) is 184 cm³/mol. The van der Waals surface area contributed by atoms with Crippen molar-refractivity contribution >= 4 is 107 Å². The van der Waals surface area contributed by atoms with Crippen molar-refractivity contribution in [3.8, 4) is 5.75 Å². The molecule has 304 valence electrons. The van der Waals surface area contributed by atoms with E-state index in [2.05, 4.69) is 43.4 Å². The predicted octanol–water partition coefficient (Wildman–Crippen LogP) is -8.62. The molecule has 1 atom stereocenters. The smallest absolute Gasteiger partial charge is 0.744 e. The third kappa shape index (κ3) is 19.9. The number of hydrogen-bond acceptors (Lipinski definition) is 27. The van der Waals surface area contributed by atoms with E-state index in [1.165, 1.54) is 42.5 Å². The summed E-state index contributed by atoms with van der Waals surface area (Å²) in [7, 11) is -10.3. The average Bonchev–Trinajstić information content (AvgIpc) is 3.15. The first-order chi connectivity index (χ1) is 26.7. The Bertz CT molecular complexity index is 2270. The van der Waals surface area contributed by atoms with Crippen LogP contribution in [0.25, 0.3) is 10.8 Å². The van der Waals surface area contributed by atoms with Crippen LogP contribution < -0.4 is 134 Å². The molecule has 0 amide bonds. The molecule has 24 nitrogen and oxygen atoms in total. The quantitative estimate of drug-likeness (QED) is 0.00802. The van der Waals surface area contributed by atoms with Crippen LogP contribution in [0.4, 0.5) is 28.4 Å². The summed E-state index contributed by atoms with van der Waals surface area (Å²) < 4.78 is 108. The van der Waals surface area contributed by atoms with Crippen LogP contribution in [0.3, 0.4) is 0 Å². The number of phenolic OH excluding ortho intramolecular Hbond substituents is 1. The first-order valence-electron chi connectivity index (χ1n) is 14.3. The van der Waals surface area contributed by atoms with Gasteiger partial charge in [0.25, 0.3) is 0 Å². The number of nitrogen functional groups attached to an aromatic ring is 1. The van der Waals surface area contributed by atoms with E-state index in [0.29, 0.717) is 17.2 Å². The van der Waals surface area contributed by atoms with E-state index < -0.39 is 66.8 Å². The minimum Gasteiger partial charge on any atom is -0.744 e. The normalized spacial score (nSPS) is 12.1. The molecule has 0 aromatic heterocycles. The molecule has 1 unspecified atom stereocenters. The van der Waals surface area contributed by atoms with Crippen molar-refractivity contribution in [3.05, 3.63) is 60.7 Å². The third-order valence-corrected chi connectivity index (χ3v) is 10.1. The van der Waals surface area contributed by atoms with Gasteiger partial charge in [0.1, 0.15) is 28.1 Å². The Morgan fingerprint density at radius 2 is 1.33 bits per heavy atom. The maximum absolute atomic E-state index is 12.3. The topological polar surface area (TPSA) is 356 Å². The van der Waals surface area contributed by atoms with Gasteiger partial charge in [-0.2, -0.15) is 18.9 Å². The van der Waals surface area contributed by atoms with E-state index in [-0.39, 0.29) is 181 Å². The van der Waals surface area contributed by atoms with E-state index >= 15 is 0 Å². The van der Waals surface area contributed by atoms with E-state index in [9.17, 15) is 45.8 Å². The molecule has 34 heteroatoms. The molecule has 3 N–H and O–H groups in total. The van der Waals surface area contributed by atoms with Gasteiger partial charge in [0.15, 0.2) is 29.2 Å². The second-order valence-electron chi connectivity index (χ2n) is 9.65. The van der Waals surface area contributed by atoms with E-state index in [0.717, 1.165) is 18.1 Å². The fourth-order valence-electron chi connectivity index (χ4n) is 3.97. The number of phenols is 1. The number of nitrogens with two attached hydrogens (primary N) is 1. The molecule has 4 aromatic rings. The molecule has 4 aromatic carbocycles. The van der Waals surface area contributed by atoms with Crippen molar-refractivity contribution < 1.29 is 205 Å². The molecule has 60 heavy (non-hydrogen) atoms. The monoisotopic (exact) mass is 991 g/mol. The summed E-state index contributed by atoms with van der Waals surface area (Å²) in [6.07, 6.45) is 0. The van der Waals surface area contributed by atoms with Gasteiger partial charge in [0.2, 0.25) is 10.4 Å². The van der Waals surface area contributed by atoms with Gasteiger partial charge in [0, 0.05) is 4.90 Å². The van der Waals surface area contributed by atoms with Crippen molar-refractivity contribution in [1.82, 2.24) is 0 Å². The third-order valence-electron chi connectivity index (χ3n) is 6.17. The van der Waals surface area contributed by atoms with Crippen LogP contribution in [0.1, 0.15) is 0 Å². The summed E-state index contributed by atoms with van der Waals surface area (Å²) in [5.74, 6) is -0.704. The molecule has 0 fully saturated rings. The number of fused-ring (bicyclic) bond motifs is 1. The zero-order chi connectivity index (χ0) is 40.7.